The fourth-order valence-corrected chi connectivity index (χ4v) is 2.27. The smallest absolute Gasteiger partial charge is 0.239 e. The Morgan fingerprint density at radius 2 is 1.94 bits per heavy atom. The van der Waals surface area contributed by atoms with Gasteiger partial charge in [0.15, 0.2) is 0 Å². The third kappa shape index (κ3) is 3.45. The van der Waals surface area contributed by atoms with Gasteiger partial charge >= 0.3 is 0 Å². The molecule has 2 amide bonds. The topological polar surface area (TPSA) is 75.4 Å². The fourth-order valence-electron chi connectivity index (χ4n) is 2.27. The van der Waals surface area contributed by atoms with Gasteiger partial charge in [-0.1, -0.05) is 20.3 Å². The summed E-state index contributed by atoms with van der Waals surface area (Å²) in [4.78, 5) is 25.4. The standard InChI is InChI=1S/C13H25N3O2/c1-4-9(2)11(14)13(18)16-7-5-10(6-8-16)12(17)15-3/h9-11H,4-8,14H2,1-3H3,(H,15,17). The molecular weight excluding hydrogens is 230 g/mol. The molecule has 0 saturated carbocycles. The van der Waals surface area contributed by atoms with E-state index in [1.807, 2.05) is 13.8 Å². The van der Waals surface area contributed by atoms with Crippen LogP contribution in [0.15, 0.2) is 0 Å². The van der Waals surface area contributed by atoms with E-state index in [0.29, 0.717) is 13.1 Å². The van der Waals surface area contributed by atoms with Crippen molar-refractivity contribution in [1.29, 1.82) is 0 Å². The lowest BCUT2D eigenvalue weighted by atomic mass is 9.93. The fraction of sp³-hybridized carbons (Fsp3) is 0.846. The van der Waals surface area contributed by atoms with Crippen molar-refractivity contribution in [3.05, 3.63) is 0 Å². The minimum absolute atomic E-state index is 0.0275. The predicted octanol–water partition coefficient (Wildman–Crippen LogP) is 0.344. The second-order valence-electron chi connectivity index (χ2n) is 5.13. The first kappa shape index (κ1) is 15.0. The minimum Gasteiger partial charge on any atom is -0.359 e. The average Bonchev–Trinajstić information content (AvgIpc) is 2.44. The second kappa shape index (κ2) is 6.73. The van der Waals surface area contributed by atoms with E-state index in [0.717, 1.165) is 19.3 Å². The molecule has 0 radical (unpaired) electrons. The molecule has 2 atom stereocenters. The molecule has 3 N–H and O–H groups in total. The van der Waals surface area contributed by atoms with Gasteiger partial charge in [0.05, 0.1) is 6.04 Å². The maximum absolute atomic E-state index is 12.1. The van der Waals surface area contributed by atoms with Crippen molar-refractivity contribution in [2.24, 2.45) is 17.6 Å². The molecule has 2 unspecified atom stereocenters. The van der Waals surface area contributed by atoms with Gasteiger partial charge in [-0.15, -0.1) is 0 Å². The summed E-state index contributed by atoms with van der Waals surface area (Å²) in [7, 11) is 1.65. The van der Waals surface area contributed by atoms with Gasteiger partial charge < -0.3 is 16.0 Å². The van der Waals surface area contributed by atoms with Crippen molar-refractivity contribution < 1.29 is 9.59 Å². The van der Waals surface area contributed by atoms with Gasteiger partial charge in [-0.25, -0.2) is 0 Å². The van der Waals surface area contributed by atoms with E-state index in [1.165, 1.54) is 0 Å². The zero-order valence-electron chi connectivity index (χ0n) is 11.6. The van der Waals surface area contributed by atoms with E-state index in [2.05, 4.69) is 5.32 Å². The van der Waals surface area contributed by atoms with Crippen molar-refractivity contribution in [2.75, 3.05) is 20.1 Å². The average molecular weight is 255 g/mol. The van der Waals surface area contributed by atoms with Gasteiger partial charge in [0.25, 0.3) is 0 Å². The Kier molecular flexibility index (Phi) is 5.59. The van der Waals surface area contributed by atoms with Crippen LogP contribution in [0.2, 0.25) is 0 Å². The number of carbonyl (C=O) groups excluding carboxylic acids is 2. The Labute approximate surface area is 109 Å². The highest BCUT2D eigenvalue weighted by atomic mass is 16.2. The lowest BCUT2D eigenvalue weighted by Crippen LogP contribution is -2.50. The molecular formula is C13H25N3O2. The van der Waals surface area contributed by atoms with Crippen LogP contribution < -0.4 is 11.1 Å². The van der Waals surface area contributed by atoms with Crippen molar-refractivity contribution >= 4 is 11.8 Å². The lowest BCUT2D eigenvalue weighted by molar-refractivity contribution is -0.137. The van der Waals surface area contributed by atoms with E-state index in [9.17, 15) is 9.59 Å². The number of nitrogens with one attached hydrogen (secondary N) is 1. The number of hydrogen-bond donors (Lipinski definition) is 2. The van der Waals surface area contributed by atoms with Crippen LogP contribution in [-0.4, -0.2) is 42.9 Å². The third-order valence-corrected chi connectivity index (χ3v) is 3.97. The molecule has 1 rings (SSSR count). The summed E-state index contributed by atoms with van der Waals surface area (Å²) in [6, 6.07) is -0.411. The predicted molar refractivity (Wildman–Crippen MR) is 70.8 cm³/mol. The van der Waals surface area contributed by atoms with Crippen molar-refractivity contribution in [2.45, 2.75) is 39.2 Å². The van der Waals surface area contributed by atoms with Crippen LogP contribution in [0.25, 0.3) is 0 Å². The molecule has 0 aromatic heterocycles. The van der Waals surface area contributed by atoms with Gasteiger partial charge in [0.2, 0.25) is 11.8 Å². The molecule has 0 bridgehead atoms. The molecule has 104 valence electrons. The number of nitrogens with two attached hydrogens (primary N) is 1. The van der Waals surface area contributed by atoms with Crippen LogP contribution in [0.5, 0.6) is 0 Å². The molecule has 1 heterocycles. The summed E-state index contributed by atoms with van der Waals surface area (Å²) in [5.74, 6) is 0.348. The Hall–Kier alpha value is -1.10. The summed E-state index contributed by atoms with van der Waals surface area (Å²) < 4.78 is 0. The first-order valence-electron chi connectivity index (χ1n) is 6.77. The van der Waals surface area contributed by atoms with Crippen LogP contribution in [0.1, 0.15) is 33.1 Å². The highest BCUT2D eigenvalue weighted by Gasteiger charge is 2.30. The number of piperidine rings is 1. The Balaban J connectivity index is 2.47. The molecule has 0 aromatic carbocycles. The van der Waals surface area contributed by atoms with Crippen molar-refractivity contribution in [1.82, 2.24) is 10.2 Å². The molecule has 1 saturated heterocycles. The van der Waals surface area contributed by atoms with Gasteiger partial charge in [-0.2, -0.15) is 0 Å². The zero-order valence-corrected chi connectivity index (χ0v) is 11.6. The third-order valence-electron chi connectivity index (χ3n) is 3.97. The van der Waals surface area contributed by atoms with Crippen LogP contribution in [0.3, 0.4) is 0 Å². The van der Waals surface area contributed by atoms with Crippen molar-refractivity contribution in [3.8, 4) is 0 Å². The van der Waals surface area contributed by atoms with Gasteiger partial charge in [0.1, 0.15) is 0 Å². The molecule has 1 aliphatic rings. The van der Waals surface area contributed by atoms with Gasteiger partial charge in [-0.3, -0.25) is 9.59 Å². The van der Waals surface area contributed by atoms with E-state index < -0.39 is 6.04 Å². The highest BCUT2D eigenvalue weighted by molar-refractivity contribution is 5.83. The maximum atomic E-state index is 12.1. The van der Waals surface area contributed by atoms with E-state index in [-0.39, 0.29) is 23.7 Å². The Morgan fingerprint density at radius 1 is 1.39 bits per heavy atom. The maximum Gasteiger partial charge on any atom is 0.239 e. The first-order valence-corrected chi connectivity index (χ1v) is 6.77. The number of likely N-dealkylation sites (tertiary alicyclic amines) is 1. The zero-order chi connectivity index (χ0) is 13.7. The molecule has 5 heteroatoms. The van der Waals surface area contributed by atoms with Crippen LogP contribution in [-0.2, 0) is 9.59 Å². The molecule has 1 aliphatic heterocycles. The summed E-state index contributed by atoms with van der Waals surface area (Å²) in [5.41, 5.74) is 5.95. The van der Waals surface area contributed by atoms with Gasteiger partial charge in [-0.05, 0) is 18.8 Å². The largest absolute Gasteiger partial charge is 0.359 e. The normalized spacial score (nSPS) is 20.3. The quantitative estimate of drug-likeness (QED) is 0.761. The number of hydrogen-bond acceptors (Lipinski definition) is 3. The van der Waals surface area contributed by atoms with Crippen molar-refractivity contribution in [3.63, 3.8) is 0 Å². The summed E-state index contributed by atoms with van der Waals surface area (Å²) in [6.07, 6.45) is 2.37. The van der Waals surface area contributed by atoms with E-state index in [4.69, 9.17) is 5.73 Å². The van der Waals surface area contributed by atoms with E-state index >= 15 is 0 Å². The summed E-state index contributed by atoms with van der Waals surface area (Å²) >= 11 is 0. The van der Waals surface area contributed by atoms with Crippen LogP contribution in [0, 0.1) is 11.8 Å². The molecule has 0 aliphatic carbocycles. The first-order chi connectivity index (χ1) is 8.51. The minimum atomic E-state index is -0.411. The summed E-state index contributed by atoms with van der Waals surface area (Å²) in [5, 5.41) is 2.66. The Bertz CT molecular complexity index is 299. The number of rotatable bonds is 4. The second-order valence-corrected chi connectivity index (χ2v) is 5.13. The molecule has 18 heavy (non-hydrogen) atoms. The monoisotopic (exact) mass is 255 g/mol. The molecule has 0 spiro atoms. The lowest BCUT2D eigenvalue weighted by Gasteiger charge is -2.33. The van der Waals surface area contributed by atoms with Crippen LogP contribution in [0.4, 0.5) is 0 Å². The highest BCUT2D eigenvalue weighted by Crippen LogP contribution is 2.19. The van der Waals surface area contributed by atoms with Crippen LogP contribution >= 0.6 is 0 Å². The SMILES string of the molecule is CCC(C)C(N)C(=O)N1CCC(C(=O)NC)CC1. The number of carbonyl (C=O) groups is 2. The number of amides is 2. The summed E-state index contributed by atoms with van der Waals surface area (Å²) in [6.45, 7) is 5.32. The van der Waals surface area contributed by atoms with Gasteiger partial charge in [0, 0.05) is 26.1 Å². The molecule has 5 nitrogen and oxygen atoms in total. The van der Waals surface area contributed by atoms with E-state index in [1.54, 1.807) is 11.9 Å². The number of nitrogens with zero attached hydrogens (tertiary/aromatic N) is 1. The Morgan fingerprint density at radius 3 is 2.39 bits per heavy atom. The molecule has 1 fully saturated rings. The molecule has 0 aromatic rings.